The molecule has 1 aromatic heterocycles. The van der Waals surface area contributed by atoms with Crippen LogP contribution in [0, 0.1) is 17.0 Å². The number of rotatable bonds is 4. The van der Waals surface area contributed by atoms with E-state index in [0.29, 0.717) is 13.1 Å². The van der Waals surface area contributed by atoms with Crippen molar-refractivity contribution in [2.45, 2.75) is 13.5 Å². The summed E-state index contributed by atoms with van der Waals surface area (Å²) in [5.41, 5.74) is 2.21. The number of carbonyl (C=O) groups excluding carboxylic acids is 1. The molecule has 0 unspecified atom stereocenters. The third-order valence-corrected chi connectivity index (χ3v) is 4.52. The molecule has 0 atom stereocenters. The van der Waals surface area contributed by atoms with E-state index in [-0.39, 0.29) is 17.3 Å². The van der Waals surface area contributed by atoms with Crippen LogP contribution in [-0.2, 0) is 13.6 Å². The second-order valence-corrected chi connectivity index (χ2v) is 6.29. The van der Waals surface area contributed by atoms with E-state index in [0.717, 1.165) is 19.6 Å². The first-order valence-electron chi connectivity index (χ1n) is 8.20. The van der Waals surface area contributed by atoms with Crippen LogP contribution in [0.25, 0.3) is 0 Å². The lowest BCUT2D eigenvalue weighted by Crippen LogP contribution is -2.48. The topological polar surface area (TPSA) is 84.5 Å². The van der Waals surface area contributed by atoms with Crippen LogP contribution in [0.15, 0.2) is 30.5 Å². The molecule has 0 spiro atoms. The number of piperazine rings is 1. The summed E-state index contributed by atoms with van der Waals surface area (Å²) in [6.45, 7) is 5.49. The summed E-state index contributed by atoms with van der Waals surface area (Å²) in [5.74, 6) is -0.372. The molecule has 1 fully saturated rings. The molecule has 0 aliphatic carbocycles. The molecule has 1 aliphatic heterocycles. The second kappa shape index (κ2) is 7.02. The maximum absolute atomic E-state index is 12.6. The number of nitro groups is 1. The lowest BCUT2D eigenvalue weighted by molar-refractivity contribution is -0.385. The number of hydrogen-bond donors (Lipinski definition) is 0. The van der Waals surface area contributed by atoms with Gasteiger partial charge in [0.1, 0.15) is 6.20 Å². The zero-order chi connectivity index (χ0) is 18.0. The van der Waals surface area contributed by atoms with Crippen LogP contribution in [0.3, 0.4) is 0 Å². The first kappa shape index (κ1) is 17.1. The minimum atomic E-state index is -0.561. The van der Waals surface area contributed by atoms with Gasteiger partial charge in [-0.2, -0.15) is 5.10 Å². The number of hydrogen-bond acceptors (Lipinski definition) is 5. The van der Waals surface area contributed by atoms with Crippen LogP contribution in [0.5, 0.6) is 0 Å². The van der Waals surface area contributed by atoms with Gasteiger partial charge in [-0.3, -0.25) is 24.5 Å². The predicted octanol–water partition coefficient (Wildman–Crippen LogP) is 1.59. The maximum atomic E-state index is 12.6. The van der Waals surface area contributed by atoms with Crippen molar-refractivity contribution in [2.75, 3.05) is 26.2 Å². The van der Waals surface area contributed by atoms with E-state index in [1.165, 1.54) is 22.0 Å². The van der Waals surface area contributed by atoms with Gasteiger partial charge in [0, 0.05) is 39.8 Å². The average Bonchev–Trinajstić information content (AvgIpc) is 2.99. The number of aryl methyl sites for hydroxylation is 2. The predicted molar refractivity (Wildman–Crippen MR) is 92.2 cm³/mol. The highest BCUT2D eigenvalue weighted by molar-refractivity contribution is 5.96. The van der Waals surface area contributed by atoms with Crippen LogP contribution in [0.1, 0.15) is 21.6 Å². The van der Waals surface area contributed by atoms with Gasteiger partial charge in [-0.1, -0.05) is 24.3 Å². The quantitative estimate of drug-likeness (QED) is 0.622. The summed E-state index contributed by atoms with van der Waals surface area (Å²) in [6.07, 6.45) is 1.27. The highest BCUT2D eigenvalue weighted by Gasteiger charge is 2.30. The molecule has 1 aromatic carbocycles. The Morgan fingerprint density at radius 1 is 1.24 bits per heavy atom. The third kappa shape index (κ3) is 3.69. The molecule has 8 nitrogen and oxygen atoms in total. The fraction of sp³-hybridized carbons (Fsp3) is 0.412. The van der Waals surface area contributed by atoms with Crippen LogP contribution in [-0.4, -0.2) is 56.6 Å². The van der Waals surface area contributed by atoms with Gasteiger partial charge in [-0.25, -0.2) is 0 Å². The lowest BCUT2D eigenvalue weighted by atomic mass is 10.1. The number of carbonyl (C=O) groups is 1. The highest BCUT2D eigenvalue weighted by Crippen LogP contribution is 2.19. The van der Waals surface area contributed by atoms with Crippen molar-refractivity contribution in [1.82, 2.24) is 19.6 Å². The van der Waals surface area contributed by atoms with E-state index in [9.17, 15) is 14.9 Å². The zero-order valence-electron chi connectivity index (χ0n) is 14.4. The molecule has 1 aliphatic rings. The van der Waals surface area contributed by atoms with Gasteiger partial charge in [0.05, 0.1) is 4.92 Å². The van der Waals surface area contributed by atoms with Crippen LogP contribution >= 0.6 is 0 Å². The third-order valence-electron chi connectivity index (χ3n) is 4.52. The van der Waals surface area contributed by atoms with Gasteiger partial charge in [-0.15, -0.1) is 0 Å². The Bertz CT molecular complexity index is 793. The van der Waals surface area contributed by atoms with Gasteiger partial charge < -0.3 is 4.90 Å². The number of nitrogens with zero attached hydrogens (tertiary/aromatic N) is 5. The monoisotopic (exact) mass is 343 g/mol. The molecule has 1 amide bonds. The molecule has 132 valence electrons. The van der Waals surface area contributed by atoms with Crippen molar-refractivity contribution in [1.29, 1.82) is 0 Å². The molecule has 25 heavy (non-hydrogen) atoms. The number of aromatic nitrogens is 2. The standard InChI is InChI=1S/C17H21N5O3/c1-13-5-3-4-6-14(13)11-20-7-9-21(10-8-20)17(23)16-15(22(24)25)12-19(2)18-16/h3-6,12H,7-11H2,1-2H3. The Labute approximate surface area is 145 Å². The van der Waals surface area contributed by atoms with Crippen molar-refractivity contribution >= 4 is 11.6 Å². The van der Waals surface area contributed by atoms with Gasteiger partial charge in [0.15, 0.2) is 0 Å². The van der Waals surface area contributed by atoms with Crippen molar-refractivity contribution < 1.29 is 9.72 Å². The Hall–Kier alpha value is -2.74. The molecule has 2 aromatic rings. The van der Waals surface area contributed by atoms with E-state index in [1.807, 2.05) is 12.1 Å². The van der Waals surface area contributed by atoms with E-state index in [1.54, 1.807) is 11.9 Å². The van der Waals surface area contributed by atoms with Crippen LogP contribution in [0.4, 0.5) is 5.69 Å². The van der Waals surface area contributed by atoms with Gasteiger partial charge in [-0.05, 0) is 18.1 Å². The van der Waals surface area contributed by atoms with E-state index in [2.05, 4.69) is 29.1 Å². The molecule has 8 heteroatoms. The van der Waals surface area contributed by atoms with E-state index < -0.39 is 4.92 Å². The van der Waals surface area contributed by atoms with E-state index >= 15 is 0 Å². The number of benzene rings is 1. The summed E-state index contributed by atoms with van der Waals surface area (Å²) in [4.78, 5) is 27.0. The van der Waals surface area contributed by atoms with Crippen molar-refractivity contribution in [3.63, 3.8) is 0 Å². The minimum Gasteiger partial charge on any atom is -0.334 e. The first-order chi connectivity index (χ1) is 12.0. The molecule has 0 saturated carbocycles. The van der Waals surface area contributed by atoms with Crippen LogP contribution in [0.2, 0.25) is 0 Å². The molecular weight excluding hydrogens is 322 g/mol. The minimum absolute atomic E-state index is 0.0835. The molecule has 0 N–H and O–H groups in total. The Balaban J connectivity index is 1.63. The summed E-state index contributed by atoms with van der Waals surface area (Å²) in [7, 11) is 1.57. The molecule has 0 radical (unpaired) electrons. The SMILES string of the molecule is Cc1ccccc1CN1CCN(C(=O)c2nn(C)cc2[N+](=O)[O-])CC1. The summed E-state index contributed by atoms with van der Waals surface area (Å²) >= 11 is 0. The van der Waals surface area contributed by atoms with Gasteiger partial charge in [0.2, 0.25) is 5.69 Å². The van der Waals surface area contributed by atoms with E-state index in [4.69, 9.17) is 0 Å². The fourth-order valence-corrected chi connectivity index (χ4v) is 3.05. The average molecular weight is 343 g/mol. The molecule has 1 saturated heterocycles. The van der Waals surface area contributed by atoms with Crippen molar-refractivity contribution in [2.24, 2.45) is 7.05 Å². The summed E-state index contributed by atoms with van der Waals surface area (Å²) in [5, 5.41) is 15.1. The van der Waals surface area contributed by atoms with Gasteiger partial charge >= 0.3 is 5.69 Å². The molecule has 0 bridgehead atoms. The Kier molecular flexibility index (Phi) is 4.80. The summed E-state index contributed by atoms with van der Waals surface area (Å²) < 4.78 is 1.31. The van der Waals surface area contributed by atoms with Crippen molar-refractivity contribution in [3.05, 3.63) is 57.4 Å². The Morgan fingerprint density at radius 3 is 2.56 bits per heavy atom. The molecule has 3 rings (SSSR count). The first-order valence-corrected chi connectivity index (χ1v) is 8.20. The van der Waals surface area contributed by atoms with Crippen LogP contribution < -0.4 is 0 Å². The highest BCUT2D eigenvalue weighted by atomic mass is 16.6. The summed E-state index contributed by atoms with van der Waals surface area (Å²) in [6, 6.07) is 8.26. The zero-order valence-corrected chi connectivity index (χ0v) is 14.4. The lowest BCUT2D eigenvalue weighted by Gasteiger charge is -2.34. The fourth-order valence-electron chi connectivity index (χ4n) is 3.05. The van der Waals surface area contributed by atoms with Gasteiger partial charge in [0.25, 0.3) is 5.91 Å². The largest absolute Gasteiger partial charge is 0.334 e. The normalized spacial score (nSPS) is 15.4. The van der Waals surface area contributed by atoms with Crippen molar-refractivity contribution in [3.8, 4) is 0 Å². The second-order valence-electron chi connectivity index (χ2n) is 6.29. The smallest absolute Gasteiger partial charge is 0.320 e. The Morgan fingerprint density at radius 2 is 1.92 bits per heavy atom. The maximum Gasteiger partial charge on any atom is 0.320 e. The molecule has 2 heterocycles. The molecular formula is C17H21N5O3. The number of amides is 1.